The van der Waals surface area contributed by atoms with E-state index in [1.54, 1.807) is 6.07 Å². The van der Waals surface area contributed by atoms with Crippen LogP contribution in [0.25, 0.3) is 0 Å². The second-order valence-corrected chi connectivity index (χ2v) is 7.94. The number of carbonyl (C=O) groups excluding carboxylic acids is 1. The highest BCUT2D eigenvalue weighted by atomic mass is 32.1. The van der Waals surface area contributed by atoms with Gasteiger partial charge in [0.2, 0.25) is 0 Å². The molecule has 3 aromatic carbocycles. The minimum Gasteiger partial charge on any atom is -0.496 e. The Hall–Kier alpha value is -3.98. The molecular weight excluding hydrogens is 452 g/mol. The standard InChI is InChI=1S/C25H26N4O4S/c1-4-17-12-8-9-16(2)22(17)27-24(30)23(18-10-6-5-7-11-18)28-25(34)26-20-14-13-19(33-3)15-21(20)29(31)32/h5-15,23H,4H2,1-3H3,(H,27,30)(H2,26,28,34). The largest absolute Gasteiger partial charge is 0.496 e. The van der Waals surface area contributed by atoms with Crippen LogP contribution in [0, 0.1) is 17.0 Å². The van der Waals surface area contributed by atoms with Gasteiger partial charge in [-0.05, 0) is 54.4 Å². The number of methoxy groups -OCH3 is 1. The number of hydrogen-bond donors (Lipinski definition) is 3. The van der Waals surface area contributed by atoms with Crippen molar-refractivity contribution >= 4 is 40.3 Å². The number of anilines is 2. The summed E-state index contributed by atoms with van der Waals surface area (Å²) in [6.45, 7) is 3.97. The van der Waals surface area contributed by atoms with Gasteiger partial charge in [-0.15, -0.1) is 0 Å². The zero-order chi connectivity index (χ0) is 24.7. The lowest BCUT2D eigenvalue weighted by Crippen LogP contribution is -2.39. The fourth-order valence-corrected chi connectivity index (χ4v) is 3.76. The second-order valence-electron chi connectivity index (χ2n) is 7.53. The Balaban J connectivity index is 1.86. The van der Waals surface area contributed by atoms with Crippen LogP contribution in [-0.2, 0) is 11.2 Å². The monoisotopic (exact) mass is 478 g/mol. The third-order valence-electron chi connectivity index (χ3n) is 5.31. The first-order chi connectivity index (χ1) is 16.3. The molecule has 1 amide bonds. The lowest BCUT2D eigenvalue weighted by molar-refractivity contribution is -0.384. The molecule has 3 rings (SSSR count). The fraction of sp³-hybridized carbons (Fsp3) is 0.200. The van der Waals surface area contributed by atoms with Crippen LogP contribution in [0.2, 0.25) is 0 Å². The number of nitro benzene ring substituents is 1. The summed E-state index contributed by atoms with van der Waals surface area (Å²) in [5.74, 6) is 0.0474. The Morgan fingerprint density at radius 1 is 1.09 bits per heavy atom. The molecule has 0 aliphatic heterocycles. The van der Waals surface area contributed by atoms with Crippen LogP contribution in [0.5, 0.6) is 5.75 Å². The Bertz CT molecular complexity index is 1200. The van der Waals surface area contributed by atoms with Gasteiger partial charge in [-0.25, -0.2) is 0 Å². The van der Waals surface area contributed by atoms with Crippen LogP contribution in [0.15, 0.2) is 66.7 Å². The van der Waals surface area contributed by atoms with Gasteiger partial charge in [0.05, 0.1) is 18.1 Å². The number of thiocarbonyl (C=S) groups is 1. The zero-order valence-corrected chi connectivity index (χ0v) is 19.9. The summed E-state index contributed by atoms with van der Waals surface area (Å²) in [7, 11) is 1.43. The quantitative estimate of drug-likeness (QED) is 0.234. The number of amides is 1. The number of aryl methyl sites for hydroxylation is 2. The van der Waals surface area contributed by atoms with Crippen molar-refractivity contribution in [2.75, 3.05) is 17.7 Å². The van der Waals surface area contributed by atoms with E-state index in [1.165, 1.54) is 19.2 Å². The lowest BCUT2D eigenvalue weighted by atomic mass is 10.0. The number of nitrogens with zero attached hydrogens (tertiary/aromatic N) is 1. The second kappa shape index (κ2) is 11.2. The highest BCUT2D eigenvalue weighted by molar-refractivity contribution is 7.80. The van der Waals surface area contributed by atoms with Gasteiger partial charge in [0, 0.05) is 5.69 Å². The summed E-state index contributed by atoms with van der Waals surface area (Å²) in [5.41, 5.74) is 3.42. The molecule has 0 aliphatic carbocycles. The van der Waals surface area contributed by atoms with E-state index in [1.807, 2.05) is 62.4 Å². The van der Waals surface area contributed by atoms with Gasteiger partial charge in [0.25, 0.3) is 11.6 Å². The molecule has 34 heavy (non-hydrogen) atoms. The molecule has 9 heteroatoms. The maximum Gasteiger partial charge on any atom is 0.296 e. The molecule has 1 unspecified atom stereocenters. The van der Waals surface area contributed by atoms with Gasteiger partial charge >= 0.3 is 0 Å². The van der Waals surface area contributed by atoms with Crippen molar-refractivity contribution < 1.29 is 14.5 Å². The first kappa shape index (κ1) is 24.7. The number of rotatable bonds is 8. The SMILES string of the molecule is CCc1cccc(C)c1NC(=O)C(NC(=S)Nc1ccc(OC)cc1[N+](=O)[O-])c1ccccc1. The molecule has 0 heterocycles. The van der Waals surface area contributed by atoms with Gasteiger partial charge in [-0.2, -0.15) is 0 Å². The van der Waals surface area contributed by atoms with Gasteiger partial charge in [-0.1, -0.05) is 55.5 Å². The maximum atomic E-state index is 13.4. The molecule has 0 spiro atoms. The molecule has 0 saturated heterocycles. The van der Waals surface area contributed by atoms with Gasteiger partial charge in [0.15, 0.2) is 5.11 Å². The molecule has 8 nitrogen and oxygen atoms in total. The van der Waals surface area contributed by atoms with Crippen LogP contribution in [0.3, 0.4) is 0 Å². The van der Waals surface area contributed by atoms with E-state index in [0.717, 1.165) is 23.2 Å². The number of hydrogen-bond acceptors (Lipinski definition) is 5. The molecule has 3 aromatic rings. The molecule has 176 valence electrons. The Morgan fingerprint density at radius 3 is 2.47 bits per heavy atom. The third-order valence-corrected chi connectivity index (χ3v) is 5.53. The predicted octanol–water partition coefficient (Wildman–Crippen LogP) is 5.14. The number of benzene rings is 3. The van der Waals surface area contributed by atoms with E-state index >= 15 is 0 Å². The molecule has 0 bridgehead atoms. The molecule has 3 N–H and O–H groups in total. The van der Waals surface area contributed by atoms with Crippen LogP contribution in [0.4, 0.5) is 17.1 Å². The summed E-state index contributed by atoms with van der Waals surface area (Å²) in [6, 6.07) is 18.6. The van der Waals surface area contributed by atoms with E-state index in [4.69, 9.17) is 17.0 Å². The van der Waals surface area contributed by atoms with Crippen molar-refractivity contribution in [2.45, 2.75) is 26.3 Å². The number of nitrogens with one attached hydrogen (secondary N) is 3. The van der Waals surface area contributed by atoms with E-state index in [9.17, 15) is 14.9 Å². The number of ether oxygens (including phenoxy) is 1. The smallest absolute Gasteiger partial charge is 0.296 e. The van der Waals surface area contributed by atoms with Crippen molar-refractivity contribution in [3.63, 3.8) is 0 Å². The number of para-hydroxylation sites is 1. The average Bonchev–Trinajstić information content (AvgIpc) is 2.84. The van der Waals surface area contributed by atoms with Crippen molar-refractivity contribution in [2.24, 2.45) is 0 Å². The van der Waals surface area contributed by atoms with Crippen molar-refractivity contribution in [3.05, 3.63) is 93.5 Å². The Kier molecular flexibility index (Phi) is 8.15. The predicted molar refractivity (Wildman–Crippen MR) is 137 cm³/mol. The highest BCUT2D eigenvalue weighted by Gasteiger charge is 2.24. The van der Waals surface area contributed by atoms with Gasteiger partial charge < -0.3 is 20.7 Å². The van der Waals surface area contributed by atoms with Crippen LogP contribution < -0.4 is 20.7 Å². The normalized spacial score (nSPS) is 11.3. The average molecular weight is 479 g/mol. The minimum atomic E-state index is -0.831. The molecule has 0 aromatic heterocycles. The topological polar surface area (TPSA) is 106 Å². The molecule has 0 radical (unpaired) electrons. The Morgan fingerprint density at radius 2 is 1.82 bits per heavy atom. The van der Waals surface area contributed by atoms with E-state index < -0.39 is 11.0 Å². The molecule has 1 atom stereocenters. The first-order valence-corrected chi connectivity index (χ1v) is 11.1. The summed E-state index contributed by atoms with van der Waals surface area (Å²) in [6.07, 6.45) is 0.766. The molecule has 0 saturated carbocycles. The fourth-order valence-electron chi connectivity index (χ4n) is 3.53. The summed E-state index contributed by atoms with van der Waals surface area (Å²) >= 11 is 5.42. The summed E-state index contributed by atoms with van der Waals surface area (Å²) in [5, 5.41) is 20.4. The van der Waals surface area contributed by atoms with Gasteiger partial charge in [0.1, 0.15) is 17.5 Å². The zero-order valence-electron chi connectivity index (χ0n) is 19.1. The first-order valence-electron chi connectivity index (χ1n) is 10.7. The van der Waals surface area contributed by atoms with Crippen molar-refractivity contribution in [1.29, 1.82) is 0 Å². The summed E-state index contributed by atoms with van der Waals surface area (Å²) < 4.78 is 5.07. The summed E-state index contributed by atoms with van der Waals surface area (Å²) in [4.78, 5) is 24.4. The van der Waals surface area contributed by atoms with Gasteiger partial charge in [-0.3, -0.25) is 14.9 Å². The van der Waals surface area contributed by atoms with Crippen molar-refractivity contribution in [1.82, 2.24) is 5.32 Å². The highest BCUT2D eigenvalue weighted by Crippen LogP contribution is 2.29. The van der Waals surface area contributed by atoms with Crippen molar-refractivity contribution in [3.8, 4) is 5.75 Å². The lowest BCUT2D eigenvalue weighted by Gasteiger charge is -2.22. The molecule has 0 aliphatic rings. The minimum absolute atomic E-state index is 0.0674. The molecule has 0 fully saturated rings. The van der Waals surface area contributed by atoms with Crippen LogP contribution in [0.1, 0.15) is 29.7 Å². The third kappa shape index (κ3) is 5.87. The van der Waals surface area contributed by atoms with E-state index in [2.05, 4.69) is 16.0 Å². The maximum absolute atomic E-state index is 13.4. The van der Waals surface area contributed by atoms with Crippen LogP contribution >= 0.6 is 12.2 Å². The molecular formula is C25H26N4O4S. The van der Waals surface area contributed by atoms with Crippen LogP contribution in [-0.4, -0.2) is 23.1 Å². The Labute approximate surface area is 203 Å². The van der Waals surface area contributed by atoms with E-state index in [0.29, 0.717) is 11.3 Å². The number of carbonyl (C=O) groups is 1. The van der Waals surface area contributed by atoms with E-state index in [-0.39, 0.29) is 22.4 Å². The number of nitro groups is 1.